The van der Waals surface area contributed by atoms with E-state index < -0.39 is 18.1 Å². The summed E-state index contributed by atoms with van der Waals surface area (Å²) in [6, 6.07) is 6.32. The second kappa shape index (κ2) is 7.77. The van der Waals surface area contributed by atoms with E-state index in [2.05, 4.69) is 15.2 Å². The van der Waals surface area contributed by atoms with Crippen LogP contribution in [-0.2, 0) is 6.54 Å². The second-order valence-corrected chi connectivity index (χ2v) is 7.59. The molecule has 3 aromatic rings. The fourth-order valence-electron chi connectivity index (χ4n) is 4.22. The summed E-state index contributed by atoms with van der Waals surface area (Å²) in [4.78, 5) is 17.2. The maximum Gasteiger partial charge on any atom is 0.314 e. The Labute approximate surface area is 175 Å². The van der Waals surface area contributed by atoms with Crippen LogP contribution in [0, 0.1) is 5.82 Å². The van der Waals surface area contributed by atoms with Gasteiger partial charge in [0.1, 0.15) is 5.82 Å². The first-order valence-corrected chi connectivity index (χ1v) is 9.95. The standard InChI is InChI=1S/C21H18F3N5O2/c22-15-7-14(9-25-10-15)17-3-1-2-6-28(17)29-11-13-5-4-12(8-16(13)21(29)30)19-26-27-20(31-19)18(23)24/h4-5,7-10,17-18H,1-3,6,11H2. The van der Waals surface area contributed by atoms with E-state index in [0.717, 1.165) is 36.6 Å². The van der Waals surface area contributed by atoms with Crippen molar-refractivity contribution in [2.75, 3.05) is 6.54 Å². The van der Waals surface area contributed by atoms with Gasteiger partial charge in [0, 0.05) is 23.9 Å². The zero-order valence-corrected chi connectivity index (χ0v) is 16.3. The number of amides is 1. The minimum absolute atomic E-state index is 0.0639. The number of pyridine rings is 1. The number of fused-ring (bicyclic) bond motifs is 1. The van der Waals surface area contributed by atoms with Crippen molar-refractivity contribution in [2.45, 2.75) is 38.3 Å². The van der Waals surface area contributed by atoms with Crippen molar-refractivity contribution >= 4 is 5.91 Å². The van der Waals surface area contributed by atoms with Gasteiger partial charge in [-0.25, -0.2) is 9.40 Å². The number of piperidine rings is 1. The molecule has 0 N–H and O–H groups in total. The van der Waals surface area contributed by atoms with Gasteiger partial charge < -0.3 is 4.42 Å². The van der Waals surface area contributed by atoms with E-state index in [4.69, 9.17) is 4.42 Å². The molecular weight excluding hydrogens is 411 g/mol. The SMILES string of the molecule is O=C1c2cc(-c3nnc(C(F)F)o3)ccc2CN1N1CCCCC1c1cncc(F)c1. The molecule has 2 aliphatic rings. The van der Waals surface area contributed by atoms with Gasteiger partial charge in [-0.15, -0.1) is 10.2 Å². The van der Waals surface area contributed by atoms with E-state index in [1.54, 1.807) is 29.4 Å². The second-order valence-electron chi connectivity index (χ2n) is 7.59. The van der Waals surface area contributed by atoms with E-state index >= 15 is 0 Å². The van der Waals surface area contributed by atoms with Crippen molar-refractivity contribution in [1.82, 2.24) is 25.2 Å². The Kier molecular flexibility index (Phi) is 4.93. The van der Waals surface area contributed by atoms with Crippen LogP contribution in [0.25, 0.3) is 11.5 Å². The van der Waals surface area contributed by atoms with Crippen molar-refractivity contribution in [1.29, 1.82) is 0 Å². The minimum Gasteiger partial charge on any atom is -0.415 e. The number of hydrazine groups is 1. The first-order chi connectivity index (χ1) is 15.0. The quantitative estimate of drug-likeness (QED) is 0.615. The fourth-order valence-corrected chi connectivity index (χ4v) is 4.22. The Morgan fingerprint density at radius 3 is 2.77 bits per heavy atom. The van der Waals surface area contributed by atoms with Crippen molar-refractivity contribution in [3.8, 4) is 11.5 Å². The van der Waals surface area contributed by atoms with Crippen LogP contribution in [0.2, 0.25) is 0 Å². The summed E-state index contributed by atoms with van der Waals surface area (Å²) in [6.07, 6.45) is 2.61. The lowest BCUT2D eigenvalue weighted by Gasteiger charge is -2.41. The van der Waals surface area contributed by atoms with Crippen LogP contribution >= 0.6 is 0 Å². The Morgan fingerprint density at radius 1 is 1.13 bits per heavy atom. The highest BCUT2D eigenvalue weighted by molar-refractivity contribution is 5.99. The normalized spacial score (nSPS) is 19.3. The number of aromatic nitrogens is 3. The van der Waals surface area contributed by atoms with Gasteiger partial charge in [-0.2, -0.15) is 8.78 Å². The molecule has 0 aliphatic carbocycles. The van der Waals surface area contributed by atoms with Gasteiger partial charge in [-0.05, 0) is 42.2 Å². The molecular formula is C21H18F3N5O2. The molecule has 2 aliphatic heterocycles. The molecule has 2 aromatic heterocycles. The van der Waals surface area contributed by atoms with E-state index in [9.17, 15) is 18.0 Å². The predicted octanol–water partition coefficient (Wildman–Crippen LogP) is 4.31. The number of carbonyl (C=O) groups excluding carboxylic acids is 1. The Bertz CT molecular complexity index is 1140. The monoisotopic (exact) mass is 429 g/mol. The van der Waals surface area contributed by atoms with Gasteiger partial charge in [-0.3, -0.25) is 14.8 Å². The summed E-state index contributed by atoms with van der Waals surface area (Å²) in [6.45, 7) is 1.04. The molecule has 0 bridgehead atoms. The average Bonchev–Trinajstić information content (AvgIpc) is 3.39. The molecule has 7 nitrogen and oxygen atoms in total. The Balaban J connectivity index is 1.43. The summed E-state index contributed by atoms with van der Waals surface area (Å²) in [5, 5.41) is 10.6. The van der Waals surface area contributed by atoms with Crippen LogP contribution in [-0.4, -0.2) is 37.7 Å². The van der Waals surface area contributed by atoms with Crippen molar-refractivity contribution in [3.63, 3.8) is 0 Å². The third-order valence-electron chi connectivity index (χ3n) is 5.66. The summed E-state index contributed by atoms with van der Waals surface area (Å²) < 4.78 is 44.2. The molecule has 1 unspecified atom stereocenters. The number of alkyl halides is 2. The minimum atomic E-state index is -2.86. The molecule has 4 heterocycles. The molecule has 1 fully saturated rings. The molecule has 1 aromatic carbocycles. The first kappa shape index (κ1) is 19.7. The number of hydrogen-bond acceptors (Lipinski definition) is 6. The molecule has 0 spiro atoms. The van der Waals surface area contributed by atoms with E-state index in [-0.39, 0.29) is 17.8 Å². The highest BCUT2D eigenvalue weighted by Gasteiger charge is 2.37. The first-order valence-electron chi connectivity index (χ1n) is 9.95. The van der Waals surface area contributed by atoms with E-state index in [1.807, 2.05) is 5.01 Å². The average molecular weight is 429 g/mol. The van der Waals surface area contributed by atoms with Crippen LogP contribution in [0.15, 0.2) is 41.1 Å². The van der Waals surface area contributed by atoms with Gasteiger partial charge in [0.15, 0.2) is 0 Å². The Morgan fingerprint density at radius 2 is 2.00 bits per heavy atom. The molecule has 5 rings (SSSR count). The number of nitrogens with zero attached hydrogens (tertiary/aromatic N) is 5. The molecule has 1 amide bonds. The summed E-state index contributed by atoms with van der Waals surface area (Å²) in [5.74, 6) is -1.44. The molecule has 0 saturated carbocycles. The van der Waals surface area contributed by atoms with Crippen molar-refractivity contribution in [2.24, 2.45) is 0 Å². The van der Waals surface area contributed by atoms with Crippen LogP contribution in [0.3, 0.4) is 0 Å². The molecule has 10 heteroatoms. The van der Waals surface area contributed by atoms with Gasteiger partial charge in [-0.1, -0.05) is 12.5 Å². The topological polar surface area (TPSA) is 75.4 Å². The molecule has 0 radical (unpaired) electrons. The van der Waals surface area contributed by atoms with Gasteiger partial charge >= 0.3 is 6.43 Å². The number of halogens is 3. The summed E-state index contributed by atoms with van der Waals surface area (Å²) >= 11 is 0. The van der Waals surface area contributed by atoms with E-state index in [1.165, 1.54) is 6.07 Å². The highest BCUT2D eigenvalue weighted by Crippen LogP contribution is 2.37. The number of carbonyl (C=O) groups is 1. The van der Waals surface area contributed by atoms with Gasteiger partial charge in [0.2, 0.25) is 5.89 Å². The predicted molar refractivity (Wildman–Crippen MR) is 102 cm³/mol. The fraction of sp³-hybridized carbons (Fsp3) is 0.333. The molecule has 1 saturated heterocycles. The largest absolute Gasteiger partial charge is 0.415 e. The summed E-state index contributed by atoms with van der Waals surface area (Å²) in [7, 11) is 0. The number of benzene rings is 1. The van der Waals surface area contributed by atoms with Gasteiger partial charge in [0.05, 0.1) is 18.8 Å². The maximum atomic E-state index is 13.7. The molecule has 31 heavy (non-hydrogen) atoms. The zero-order chi connectivity index (χ0) is 21.5. The maximum absolute atomic E-state index is 13.7. The van der Waals surface area contributed by atoms with Gasteiger partial charge in [0.25, 0.3) is 11.8 Å². The number of rotatable bonds is 4. The summed E-state index contributed by atoms with van der Waals surface area (Å²) in [5.41, 5.74) is 2.40. The molecule has 1 atom stereocenters. The smallest absolute Gasteiger partial charge is 0.314 e. The Hall–Kier alpha value is -3.27. The zero-order valence-electron chi connectivity index (χ0n) is 16.3. The third kappa shape index (κ3) is 3.56. The van der Waals surface area contributed by atoms with Crippen molar-refractivity contribution < 1.29 is 22.4 Å². The van der Waals surface area contributed by atoms with Crippen molar-refractivity contribution in [3.05, 3.63) is 65.1 Å². The lowest BCUT2D eigenvalue weighted by Crippen LogP contribution is -2.47. The lowest BCUT2D eigenvalue weighted by molar-refractivity contribution is -0.0561. The third-order valence-corrected chi connectivity index (χ3v) is 5.66. The number of hydrogen-bond donors (Lipinski definition) is 0. The molecule has 160 valence electrons. The van der Waals surface area contributed by atoms with Crippen LogP contribution in [0.5, 0.6) is 0 Å². The van der Waals surface area contributed by atoms with Crippen LogP contribution < -0.4 is 0 Å². The van der Waals surface area contributed by atoms with Crippen LogP contribution in [0.1, 0.15) is 59.1 Å². The highest BCUT2D eigenvalue weighted by atomic mass is 19.3. The lowest BCUT2D eigenvalue weighted by atomic mass is 9.98. The van der Waals surface area contributed by atoms with Crippen LogP contribution in [0.4, 0.5) is 13.2 Å². The van der Waals surface area contributed by atoms with E-state index in [0.29, 0.717) is 24.2 Å².